The summed E-state index contributed by atoms with van der Waals surface area (Å²) in [6, 6.07) is 16.0. The highest BCUT2D eigenvalue weighted by molar-refractivity contribution is 5.66. The Morgan fingerprint density at radius 2 is 1.97 bits per heavy atom. The van der Waals surface area contributed by atoms with E-state index in [0.717, 1.165) is 18.4 Å². The highest BCUT2D eigenvalue weighted by Crippen LogP contribution is 2.46. The molecule has 1 aliphatic rings. The van der Waals surface area contributed by atoms with Crippen LogP contribution in [0.2, 0.25) is 0 Å². The normalized spacial score (nSPS) is 22.0. The summed E-state index contributed by atoms with van der Waals surface area (Å²) < 4.78 is 11.5. The molecule has 1 fully saturated rings. The quantitative estimate of drug-likeness (QED) is 0.635. The SMILES string of the molecule is COc1ccc([C@@H]2CN(C(=O)O)C[C@@]2(C)[C@H](C)O)cc1OCCCc1ccccc1. The maximum Gasteiger partial charge on any atom is 0.407 e. The topological polar surface area (TPSA) is 79.2 Å². The van der Waals surface area contributed by atoms with Gasteiger partial charge in [0.1, 0.15) is 0 Å². The molecule has 1 amide bonds. The molecule has 1 saturated heterocycles. The van der Waals surface area contributed by atoms with Crippen molar-refractivity contribution in [1.82, 2.24) is 4.90 Å². The van der Waals surface area contributed by atoms with Gasteiger partial charge in [0.25, 0.3) is 0 Å². The van der Waals surface area contributed by atoms with Gasteiger partial charge in [0.05, 0.1) is 19.8 Å². The zero-order valence-electron chi connectivity index (χ0n) is 17.9. The molecule has 0 aliphatic carbocycles. The third-order valence-electron chi connectivity index (χ3n) is 6.26. The van der Waals surface area contributed by atoms with Crippen LogP contribution >= 0.6 is 0 Å². The molecule has 6 heteroatoms. The highest BCUT2D eigenvalue weighted by atomic mass is 16.5. The first-order valence-electron chi connectivity index (χ1n) is 10.4. The number of methoxy groups -OCH3 is 1. The number of carboxylic acid groups (broad SMARTS) is 1. The second kappa shape index (κ2) is 9.39. The summed E-state index contributed by atoms with van der Waals surface area (Å²) in [7, 11) is 1.60. The maximum atomic E-state index is 11.5. The molecular weight excluding hydrogens is 382 g/mol. The van der Waals surface area contributed by atoms with Crippen molar-refractivity contribution in [1.29, 1.82) is 0 Å². The number of aliphatic hydroxyl groups is 1. The summed E-state index contributed by atoms with van der Waals surface area (Å²) in [6.45, 7) is 4.85. The number of nitrogens with zero attached hydrogens (tertiary/aromatic N) is 1. The first-order valence-corrected chi connectivity index (χ1v) is 10.4. The zero-order chi connectivity index (χ0) is 21.7. The number of rotatable bonds is 8. The number of benzene rings is 2. The summed E-state index contributed by atoms with van der Waals surface area (Å²) >= 11 is 0. The van der Waals surface area contributed by atoms with Crippen LogP contribution < -0.4 is 9.47 Å². The van der Waals surface area contributed by atoms with E-state index in [9.17, 15) is 15.0 Å². The molecule has 0 radical (unpaired) electrons. The van der Waals surface area contributed by atoms with Crippen LogP contribution in [0.4, 0.5) is 4.79 Å². The van der Waals surface area contributed by atoms with Gasteiger partial charge in [0.2, 0.25) is 0 Å². The van der Waals surface area contributed by atoms with Crippen LogP contribution in [0.3, 0.4) is 0 Å². The third-order valence-corrected chi connectivity index (χ3v) is 6.26. The summed E-state index contributed by atoms with van der Waals surface area (Å²) in [5, 5.41) is 19.9. The molecular formula is C24H31NO5. The molecule has 2 aromatic carbocycles. The van der Waals surface area contributed by atoms with E-state index in [1.54, 1.807) is 14.0 Å². The zero-order valence-corrected chi connectivity index (χ0v) is 17.9. The standard InChI is InChI=1S/C24H31NO5/c1-17(26)24(2)16-25(23(27)28)15-20(24)19-11-12-21(29-3)22(14-19)30-13-7-10-18-8-5-4-6-9-18/h4-6,8-9,11-12,14,17,20,26H,7,10,13,15-16H2,1-3H3,(H,27,28)/t17-,20-,24-/m0/s1. The lowest BCUT2D eigenvalue weighted by atomic mass is 9.72. The molecule has 30 heavy (non-hydrogen) atoms. The molecule has 0 aromatic heterocycles. The van der Waals surface area contributed by atoms with Crippen molar-refractivity contribution >= 4 is 6.09 Å². The lowest BCUT2D eigenvalue weighted by Gasteiger charge is -2.33. The Labute approximate surface area is 178 Å². The van der Waals surface area contributed by atoms with Gasteiger partial charge in [-0.05, 0) is 43.0 Å². The molecule has 3 rings (SSSR count). The molecule has 0 bridgehead atoms. The Bertz CT molecular complexity index is 854. The van der Waals surface area contributed by atoms with Crippen molar-refractivity contribution in [3.05, 3.63) is 59.7 Å². The first kappa shape index (κ1) is 22.0. The van der Waals surface area contributed by atoms with Gasteiger partial charge in [-0.1, -0.05) is 43.3 Å². The van der Waals surface area contributed by atoms with E-state index >= 15 is 0 Å². The Hall–Kier alpha value is -2.73. The lowest BCUT2D eigenvalue weighted by Crippen LogP contribution is -2.37. The molecule has 6 nitrogen and oxygen atoms in total. The van der Waals surface area contributed by atoms with Crippen LogP contribution in [-0.4, -0.2) is 54.1 Å². The second-order valence-electron chi connectivity index (χ2n) is 8.25. The Morgan fingerprint density at radius 3 is 2.60 bits per heavy atom. The van der Waals surface area contributed by atoms with E-state index in [-0.39, 0.29) is 5.92 Å². The number of hydrogen-bond donors (Lipinski definition) is 2. The average Bonchev–Trinajstić information content (AvgIpc) is 3.11. The number of likely N-dealkylation sites (tertiary alicyclic amines) is 1. The van der Waals surface area contributed by atoms with Gasteiger partial charge in [-0.15, -0.1) is 0 Å². The van der Waals surface area contributed by atoms with Gasteiger partial charge >= 0.3 is 6.09 Å². The van der Waals surface area contributed by atoms with Gasteiger partial charge < -0.3 is 24.6 Å². The van der Waals surface area contributed by atoms with E-state index in [4.69, 9.17) is 9.47 Å². The predicted molar refractivity (Wildman–Crippen MR) is 115 cm³/mol. The molecule has 3 atom stereocenters. The van der Waals surface area contributed by atoms with E-state index in [2.05, 4.69) is 12.1 Å². The minimum atomic E-state index is -0.963. The van der Waals surface area contributed by atoms with Gasteiger partial charge in [-0.2, -0.15) is 0 Å². The maximum absolute atomic E-state index is 11.5. The number of ether oxygens (including phenoxy) is 2. The largest absolute Gasteiger partial charge is 0.493 e. The van der Waals surface area contributed by atoms with Crippen molar-refractivity contribution in [3.63, 3.8) is 0 Å². The minimum Gasteiger partial charge on any atom is -0.493 e. The van der Waals surface area contributed by atoms with Crippen LogP contribution in [-0.2, 0) is 6.42 Å². The Kier molecular flexibility index (Phi) is 6.87. The third kappa shape index (κ3) is 4.70. The smallest absolute Gasteiger partial charge is 0.407 e. The van der Waals surface area contributed by atoms with Gasteiger partial charge in [0, 0.05) is 24.4 Å². The van der Waals surface area contributed by atoms with Crippen LogP contribution in [0.25, 0.3) is 0 Å². The van der Waals surface area contributed by atoms with Crippen molar-refractivity contribution in [2.24, 2.45) is 5.41 Å². The fraction of sp³-hybridized carbons (Fsp3) is 0.458. The highest BCUT2D eigenvalue weighted by Gasteiger charge is 2.48. The van der Waals surface area contributed by atoms with Crippen molar-refractivity contribution in [2.75, 3.05) is 26.8 Å². The van der Waals surface area contributed by atoms with Crippen LogP contribution in [0, 0.1) is 5.41 Å². The number of aliphatic hydroxyl groups excluding tert-OH is 1. The summed E-state index contributed by atoms with van der Waals surface area (Å²) in [5.74, 6) is 1.15. The van der Waals surface area contributed by atoms with Crippen molar-refractivity contribution in [2.45, 2.75) is 38.7 Å². The van der Waals surface area contributed by atoms with Gasteiger partial charge in [-0.25, -0.2) is 4.79 Å². The minimum absolute atomic E-state index is 0.133. The van der Waals surface area contributed by atoms with Crippen molar-refractivity contribution in [3.8, 4) is 11.5 Å². The molecule has 0 unspecified atom stereocenters. The number of aryl methyl sites for hydroxylation is 1. The molecule has 2 N–H and O–H groups in total. The summed E-state index contributed by atoms with van der Waals surface area (Å²) in [4.78, 5) is 12.9. The number of hydrogen-bond acceptors (Lipinski definition) is 4. The monoisotopic (exact) mass is 413 g/mol. The van der Waals surface area contributed by atoms with E-state index < -0.39 is 17.6 Å². The molecule has 0 spiro atoms. The van der Waals surface area contributed by atoms with Crippen LogP contribution in [0.1, 0.15) is 37.3 Å². The van der Waals surface area contributed by atoms with Crippen LogP contribution in [0.15, 0.2) is 48.5 Å². The second-order valence-corrected chi connectivity index (χ2v) is 8.25. The first-order chi connectivity index (χ1) is 14.3. The average molecular weight is 414 g/mol. The Morgan fingerprint density at radius 1 is 1.23 bits per heavy atom. The van der Waals surface area contributed by atoms with E-state index in [0.29, 0.717) is 31.2 Å². The van der Waals surface area contributed by atoms with Crippen molar-refractivity contribution < 1.29 is 24.5 Å². The molecule has 1 aliphatic heterocycles. The number of carbonyl (C=O) groups is 1. The van der Waals surface area contributed by atoms with Crippen LogP contribution in [0.5, 0.6) is 11.5 Å². The summed E-state index contributed by atoms with van der Waals surface area (Å²) in [6.07, 6.45) is 0.192. The van der Waals surface area contributed by atoms with Gasteiger partial charge in [0.15, 0.2) is 11.5 Å². The Balaban J connectivity index is 1.75. The fourth-order valence-electron chi connectivity index (χ4n) is 4.20. The number of amides is 1. The van der Waals surface area contributed by atoms with E-state index in [1.807, 2.05) is 43.3 Å². The molecule has 0 saturated carbocycles. The predicted octanol–water partition coefficient (Wildman–Crippen LogP) is 4.17. The fourth-order valence-corrected chi connectivity index (χ4v) is 4.20. The lowest BCUT2D eigenvalue weighted by molar-refractivity contribution is 0.0481. The van der Waals surface area contributed by atoms with E-state index in [1.165, 1.54) is 10.5 Å². The molecule has 1 heterocycles. The summed E-state index contributed by atoms with van der Waals surface area (Å²) in [5.41, 5.74) is 1.65. The molecule has 2 aromatic rings. The van der Waals surface area contributed by atoms with Gasteiger partial charge in [-0.3, -0.25) is 0 Å². The molecule has 162 valence electrons.